The van der Waals surface area contributed by atoms with Gasteiger partial charge < -0.3 is 10.6 Å². The van der Waals surface area contributed by atoms with E-state index in [9.17, 15) is 4.79 Å². The molecule has 1 aromatic rings. The quantitative estimate of drug-likeness (QED) is 0.814. The van der Waals surface area contributed by atoms with Crippen LogP contribution in [0.1, 0.15) is 32.3 Å². The number of carbonyl (C=O) groups is 1. The van der Waals surface area contributed by atoms with Crippen LogP contribution < -0.4 is 10.6 Å². The number of benzene rings is 1. The second kappa shape index (κ2) is 11.1. The van der Waals surface area contributed by atoms with Gasteiger partial charge in [-0.2, -0.15) is 0 Å². The van der Waals surface area contributed by atoms with Gasteiger partial charge in [0.25, 0.3) is 0 Å². The van der Waals surface area contributed by atoms with E-state index in [0.29, 0.717) is 17.9 Å². The third-order valence-corrected chi connectivity index (χ3v) is 5.54. The molecule has 0 saturated carbocycles. The first-order chi connectivity index (χ1) is 11.6. The molecule has 4 nitrogen and oxygen atoms in total. The van der Waals surface area contributed by atoms with Gasteiger partial charge >= 0.3 is 0 Å². The van der Waals surface area contributed by atoms with Crippen LogP contribution in [0.25, 0.3) is 0 Å². The van der Waals surface area contributed by atoms with E-state index in [1.807, 2.05) is 0 Å². The Hall–Kier alpha value is -0.810. The van der Waals surface area contributed by atoms with E-state index in [-0.39, 0.29) is 36.6 Å². The van der Waals surface area contributed by atoms with Crippen molar-refractivity contribution in [1.82, 2.24) is 15.5 Å². The number of nitrogens with zero attached hydrogens (tertiary/aromatic N) is 1. The lowest BCUT2D eigenvalue weighted by Crippen LogP contribution is -2.56. The zero-order chi connectivity index (χ0) is 16.9. The minimum Gasteiger partial charge on any atom is -0.352 e. The number of rotatable bonds is 4. The van der Waals surface area contributed by atoms with Gasteiger partial charge in [0.15, 0.2) is 0 Å². The molecule has 2 fully saturated rings. The molecule has 26 heavy (non-hydrogen) atoms. The SMILES string of the molecule is CC1CN(Cc2ccccc2)CC(C)C1NC(=O)C1CCCNC1.Cl.Cl. The molecule has 1 amide bonds. The molecule has 6 heteroatoms. The number of nitrogens with one attached hydrogen (secondary N) is 2. The van der Waals surface area contributed by atoms with Gasteiger partial charge in [-0.15, -0.1) is 24.8 Å². The molecule has 2 N–H and O–H groups in total. The van der Waals surface area contributed by atoms with Crippen molar-refractivity contribution in [2.45, 2.75) is 39.3 Å². The molecular weight excluding hydrogens is 369 g/mol. The summed E-state index contributed by atoms with van der Waals surface area (Å²) in [6.07, 6.45) is 2.13. The first-order valence-electron chi connectivity index (χ1n) is 9.41. The molecule has 0 bridgehead atoms. The Morgan fingerprint density at radius 3 is 2.38 bits per heavy atom. The van der Waals surface area contributed by atoms with Crippen LogP contribution in [-0.2, 0) is 11.3 Å². The molecule has 0 aromatic heterocycles. The lowest BCUT2D eigenvalue weighted by Gasteiger charge is -2.42. The summed E-state index contributed by atoms with van der Waals surface area (Å²) in [5.74, 6) is 1.37. The fraction of sp³-hybridized carbons (Fsp3) is 0.650. The second-order valence-electron chi connectivity index (χ2n) is 7.71. The molecule has 2 aliphatic rings. The van der Waals surface area contributed by atoms with Crippen molar-refractivity contribution in [2.75, 3.05) is 26.2 Å². The average Bonchev–Trinajstić information content (AvgIpc) is 2.59. The summed E-state index contributed by atoms with van der Waals surface area (Å²) < 4.78 is 0. The van der Waals surface area contributed by atoms with Crippen molar-refractivity contribution >= 4 is 30.7 Å². The highest BCUT2D eigenvalue weighted by atomic mass is 35.5. The maximum atomic E-state index is 12.6. The van der Waals surface area contributed by atoms with E-state index in [4.69, 9.17) is 0 Å². The van der Waals surface area contributed by atoms with Crippen LogP contribution in [0.3, 0.4) is 0 Å². The predicted octanol–water partition coefficient (Wildman–Crippen LogP) is 3.10. The minimum absolute atomic E-state index is 0. The van der Waals surface area contributed by atoms with Crippen molar-refractivity contribution in [3.8, 4) is 0 Å². The normalized spacial score (nSPS) is 29.2. The molecule has 2 aliphatic heterocycles. The van der Waals surface area contributed by atoms with E-state index in [2.05, 4.69) is 59.7 Å². The Morgan fingerprint density at radius 1 is 1.15 bits per heavy atom. The highest BCUT2D eigenvalue weighted by molar-refractivity contribution is 5.85. The molecule has 1 aromatic carbocycles. The number of hydrogen-bond donors (Lipinski definition) is 2. The monoisotopic (exact) mass is 401 g/mol. The fourth-order valence-corrected chi connectivity index (χ4v) is 4.29. The maximum Gasteiger partial charge on any atom is 0.224 e. The van der Waals surface area contributed by atoms with Gasteiger partial charge in [-0.25, -0.2) is 0 Å². The van der Waals surface area contributed by atoms with Gasteiger partial charge in [-0.05, 0) is 36.8 Å². The summed E-state index contributed by atoms with van der Waals surface area (Å²) >= 11 is 0. The van der Waals surface area contributed by atoms with E-state index in [1.165, 1.54) is 5.56 Å². The third kappa shape index (κ3) is 6.12. The zero-order valence-corrected chi connectivity index (χ0v) is 17.5. The maximum absolute atomic E-state index is 12.6. The Bertz CT molecular complexity index is 525. The van der Waals surface area contributed by atoms with Crippen molar-refractivity contribution < 1.29 is 4.79 Å². The molecule has 3 rings (SSSR count). The first kappa shape index (κ1) is 23.2. The Labute approximate surface area is 170 Å². The van der Waals surface area contributed by atoms with Gasteiger partial charge in [-0.3, -0.25) is 9.69 Å². The van der Waals surface area contributed by atoms with Gasteiger partial charge in [0.1, 0.15) is 0 Å². The predicted molar refractivity (Wildman–Crippen MR) is 112 cm³/mol. The van der Waals surface area contributed by atoms with Crippen LogP contribution in [0.4, 0.5) is 0 Å². The summed E-state index contributed by atoms with van der Waals surface area (Å²) in [5.41, 5.74) is 1.37. The molecular formula is C20H33Cl2N3O. The first-order valence-corrected chi connectivity index (χ1v) is 9.41. The Balaban J connectivity index is 0.00000169. The van der Waals surface area contributed by atoms with Crippen molar-refractivity contribution in [3.05, 3.63) is 35.9 Å². The third-order valence-electron chi connectivity index (χ3n) is 5.54. The molecule has 2 saturated heterocycles. The average molecular weight is 402 g/mol. The van der Waals surface area contributed by atoms with Crippen molar-refractivity contribution in [3.63, 3.8) is 0 Å². The summed E-state index contributed by atoms with van der Waals surface area (Å²) in [7, 11) is 0. The molecule has 0 aliphatic carbocycles. The zero-order valence-electron chi connectivity index (χ0n) is 15.8. The number of piperidine rings is 2. The summed E-state index contributed by atoms with van der Waals surface area (Å²) in [5, 5.41) is 6.71. The number of likely N-dealkylation sites (tertiary alicyclic amines) is 1. The van der Waals surface area contributed by atoms with E-state index < -0.39 is 0 Å². The molecule has 0 spiro atoms. The molecule has 148 valence electrons. The van der Waals surface area contributed by atoms with E-state index in [0.717, 1.165) is 45.6 Å². The van der Waals surface area contributed by atoms with Crippen LogP contribution in [0.2, 0.25) is 0 Å². The minimum atomic E-state index is 0. The fourth-order valence-electron chi connectivity index (χ4n) is 4.29. The lowest BCUT2D eigenvalue weighted by atomic mass is 9.84. The summed E-state index contributed by atoms with van der Waals surface area (Å²) in [4.78, 5) is 15.1. The largest absolute Gasteiger partial charge is 0.352 e. The second-order valence-corrected chi connectivity index (χ2v) is 7.71. The summed E-state index contributed by atoms with van der Waals surface area (Å²) in [6, 6.07) is 11.0. The Morgan fingerprint density at radius 2 is 1.81 bits per heavy atom. The standard InChI is InChI=1S/C20H31N3O.2ClH/c1-15-12-23(14-17-7-4-3-5-8-17)13-16(2)19(15)22-20(24)18-9-6-10-21-11-18;;/h3-5,7-8,15-16,18-19,21H,6,9-14H2,1-2H3,(H,22,24);2*1H. The van der Waals surface area contributed by atoms with Crippen LogP contribution in [0, 0.1) is 17.8 Å². The lowest BCUT2D eigenvalue weighted by molar-refractivity contribution is -0.127. The van der Waals surface area contributed by atoms with E-state index in [1.54, 1.807) is 0 Å². The van der Waals surface area contributed by atoms with Gasteiger partial charge in [0.05, 0.1) is 5.92 Å². The molecule has 0 radical (unpaired) electrons. The van der Waals surface area contributed by atoms with Gasteiger partial charge in [-0.1, -0.05) is 44.2 Å². The number of halogens is 2. The van der Waals surface area contributed by atoms with Crippen LogP contribution >= 0.6 is 24.8 Å². The van der Waals surface area contributed by atoms with Crippen molar-refractivity contribution in [2.24, 2.45) is 17.8 Å². The number of hydrogen-bond acceptors (Lipinski definition) is 3. The van der Waals surface area contributed by atoms with Gasteiger partial charge in [0.2, 0.25) is 5.91 Å². The van der Waals surface area contributed by atoms with Crippen LogP contribution in [-0.4, -0.2) is 43.0 Å². The summed E-state index contributed by atoms with van der Waals surface area (Å²) in [6.45, 7) is 9.54. The van der Waals surface area contributed by atoms with Crippen molar-refractivity contribution in [1.29, 1.82) is 0 Å². The highest BCUT2D eigenvalue weighted by Crippen LogP contribution is 2.24. The highest BCUT2D eigenvalue weighted by Gasteiger charge is 2.34. The molecule has 3 unspecified atom stereocenters. The number of amides is 1. The Kier molecular flexibility index (Phi) is 9.94. The topological polar surface area (TPSA) is 44.4 Å². The van der Waals surface area contributed by atoms with E-state index >= 15 is 0 Å². The molecule has 3 atom stereocenters. The van der Waals surface area contributed by atoms with Crippen LogP contribution in [0.5, 0.6) is 0 Å². The number of carbonyl (C=O) groups excluding carboxylic acids is 1. The smallest absolute Gasteiger partial charge is 0.224 e. The van der Waals surface area contributed by atoms with Crippen LogP contribution in [0.15, 0.2) is 30.3 Å². The molecule has 2 heterocycles. The van der Waals surface area contributed by atoms with Gasteiger partial charge in [0, 0.05) is 32.2 Å².